The van der Waals surface area contributed by atoms with Crippen molar-refractivity contribution in [1.82, 2.24) is 0 Å². The molecule has 0 aromatic heterocycles. The molecule has 104 valence electrons. The summed E-state index contributed by atoms with van der Waals surface area (Å²) in [6.45, 7) is 2.07. The van der Waals surface area contributed by atoms with E-state index in [-0.39, 0.29) is 0 Å². The highest BCUT2D eigenvalue weighted by atomic mass is 16.5. The molecular weight excluding hydrogens is 248 g/mol. The van der Waals surface area contributed by atoms with Crippen molar-refractivity contribution >= 4 is 0 Å². The smallest absolute Gasteiger partial charge is 0.122 e. The number of para-hydroxylation sites is 1. The predicted molar refractivity (Wildman–Crippen MR) is 80.1 cm³/mol. The predicted octanol–water partition coefficient (Wildman–Crippen LogP) is 3.38. The Morgan fingerprint density at radius 2 is 2.00 bits per heavy atom. The molecule has 0 saturated carbocycles. The van der Waals surface area contributed by atoms with Crippen molar-refractivity contribution in [2.45, 2.75) is 31.8 Å². The highest BCUT2D eigenvalue weighted by Crippen LogP contribution is 2.41. The van der Waals surface area contributed by atoms with E-state index in [0.717, 1.165) is 29.7 Å². The normalized spacial score (nSPS) is 20.8. The summed E-state index contributed by atoms with van der Waals surface area (Å²) in [5.74, 6) is 0.849. The molecular formula is C18H20O2. The van der Waals surface area contributed by atoms with E-state index in [1.807, 2.05) is 24.3 Å². The van der Waals surface area contributed by atoms with Crippen LogP contribution in [0, 0.1) is 6.92 Å². The molecule has 0 saturated heterocycles. The second-order valence-electron chi connectivity index (χ2n) is 5.68. The van der Waals surface area contributed by atoms with E-state index in [2.05, 4.69) is 25.1 Å². The van der Waals surface area contributed by atoms with Gasteiger partial charge < -0.3 is 9.84 Å². The van der Waals surface area contributed by atoms with E-state index >= 15 is 0 Å². The molecule has 2 heteroatoms. The van der Waals surface area contributed by atoms with Crippen LogP contribution in [-0.4, -0.2) is 12.2 Å². The quantitative estimate of drug-likeness (QED) is 0.924. The molecule has 1 N–H and O–H groups in total. The van der Waals surface area contributed by atoms with Crippen molar-refractivity contribution in [1.29, 1.82) is 0 Å². The highest BCUT2D eigenvalue weighted by Gasteiger charge is 2.37. The van der Waals surface area contributed by atoms with Gasteiger partial charge in [0.2, 0.25) is 0 Å². The van der Waals surface area contributed by atoms with Crippen molar-refractivity contribution in [3.05, 3.63) is 64.7 Å². The fourth-order valence-electron chi connectivity index (χ4n) is 3.17. The van der Waals surface area contributed by atoms with E-state index in [9.17, 15) is 5.11 Å². The van der Waals surface area contributed by atoms with Crippen LogP contribution in [-0.2, 0) is 18.4 Å². The Kier molecular flexibility index (Phi) is 3.27. The number of hydrogen-bond acceptors (Lipinski definition) is 2. The lowest BCUT2D eigenvalue weighted by Crippen LogP contribution is -2.25. The van der Waals surface area contributed by atoms with Crippen molar-refractivity contribution in [3.8, 4) is 5.75 Å². The number of methoxy groups -OCH3 is 1. The largest absolute Gasteiger partial charge is 0.496 e. The summed E-state index contributed by atoms with van der Waals surface area (Å²) in [5.41, 5.74) is 3.85. The lowest BCUT2D eigenvalue weighted by molar-refractivity contribution is 0.0383. The maximum atomic E-state index is 11.1. The number of benzene rings is 2. The molecule has 0 fully saturated rings. The van der Waals surface area contributed by atoms with Crippen LogP contribution in [0.3, 0.4) is 0 Å². The van der Waals surface area contributed by atoms with Gasteiger partial charge in [-0.3, -0.25) is 0 Å². The van der Waals surface area contributed by atoms with Gasteiger partial charge in [-0.25, -0.2) is 0 Å². The maximum absolute atomic E-state index is 11.1. The lowest BCUT2D eigenvalue weighted by atomic mass is 9.88. The molecule has 0 amide bonds. The summed E-state index contributed by atoms with van der Waals surface area (Å²) < 4.78 is 5.40. The number of ether oxygens (including phenoxy) is 1. The van der Waals surface area contributed by atoms with Crippen molar-refractivity contribution in [2.24, 2.45) is 0 Å². The fraction of sp³-hybridized carbons (Fsp3) is 0.333. The first-order valence-electron chi connectivity index (χ1n) is 7.07. The van der Waals surface area contributed by atoms with Crippen LogP contribution in [0.25, 0.3) is 0 Å². The minimum absolute atomic E-state index is 0.605. The van der Waals surface area contributed by atoms with Crippen LogP contribution in [0.1, 0.15) is 28.7 Å². The molecule has 3 rings (SSSR count). The summed E-state index contributed by atoms with van der Waals surface area (Å²) in [6.07, 6.45) is 2.33. The molecule has 0 radical (unpaired) electrons. The van der Waals surface area contributed by atoms with Gasteiger partial charge in [-0.05, 0) is 42.5 Å². The number of aryl methyl sites for hydroxylation is 2. The molecule has 2 nitrogen and oxygen atoms in total. The first kappa shape index (κ1) is 13.2. The highest BCUT2D eigenvalue weighted by molar-refractivity contribution is 5.43. The zero-order chi connectivity index (χ0) is 14.2. The average molecular weight is 268 g/mol. The van der Waals surface area contributed by atoms with Gasteiger partial charge in [-0.15, -0.1) is 0 Å². The molecule has 0 spiro atoms. The average Bonchev–Trinajstić information content (AvgIpc) is 2.77. The molecule has 0 bridgehead atoms. The third kappa shape index (κ3) is 2.20. The van der Waals surface area contributed by atoms with Crippen molar-refractivity contribution in [2.75, 3.05) is 7.11 Å². The topological polar surface area (TPSA) is 29.5 Å². The maximum Gasteiger partial charge on any atom is 0.122 e. The Labute approximate surface area is 120 Å². The number of rotatable bonds is 3. The minimum Gasteiger partial charge on any atom is -0.496 e. The second kappa shape index (κ2) is 4.95. The van der Waals surface area contributed by atoms with Crippen molar-refractivity contribution in [3.63, 3.8) is 0 Å². The van der Waals surface area contributed by atoms with Gasteiger partial charge in [-0.2, -0.15) is 0 Å². The third-order valence-corrected chi connectivity index (χ3v) is 4.25. The van der Waals surface area contributed by atoms with Gasteiger partial charge in [-0.1, -0.05) is 42.0 Å². The van der Waals surface area contributed by atoms with E-state index in [1.54, 1.807) is 7.11 Å². The first-order valence-corrected chi connectivity index (χ1v) is 7.07. The molecule has 20 heavy (non-hydrogen) atoms. The van der Waals surface area contributed by atoms with E-state index in [0.29, 0.717) is 6.42 Å². The van der Waals surface area contributed by atoms with Crippen LogP contribution >= 0.6 is 0 Å². The molecule has 2 aromatic rings. The summed E-state index contributed by atoms with van der Waals surface area (Å²) in [5, 5.41) is 11.1. The summed E-state index contributed by atoms with van der Waals surface area (Å²) in [6, 6.07) is 14.3. The van der Waals surface area contributed by atoms with Crippen LogP contribution in [0.4, 0.5) is 0 Å². The van der Waals surface area contributed by atoms with Crippen LogP contribution in [0.5, 0.6) is 5.75 Å². The van der Waals surface area contributed by atoms with E-state index < -0.39 is 5.60 Å². The first-order chi connectivity index (χ1) is 9.62. The fourth-order valence-corrected chi connectivity index (χ4v) is 3.17. The number of fused-ring (bicyclic) bond motifs is 1. The summed E-state index contributed by atoms with van der Waals surface area (Å²) in [4.78, 5) is 0. The molecule has 2 aromatic carbocycles. The lowest BCUT2D eigenvalue weighted by Gasteiger charge is -2.25. The SMILES string of the molecule is COc1ccccc1CC1(O)CCc2ccc(C)cc21. The Balaban J connectivity index is 1.98. The van der Waals surface area contributed by atoms with E-state index in [4.69, 9.17) is 4.74 Å². The Morgan fingerprint density at radius 1 is 1.20 bits per heavy atom. The monoisotopic (exact) mass is 268 g/mol. The summed E-state index contributed by atoms with van der Waals surface area (Å²) >= 11 is 0. The van der Waals surface area contributed by atoms with E-state index in [1.165, 1.54) is 11.1 Å². The second-order valence-corrected chi connectivity index (χ2v) is 5.68. The van der Waals surface area contributed by atoms with Gasteiger partial charge in [0.1, 0.15) is 5.75 Å². The van der Waals surface area contributed by atoms with Gasteiger partial charge in [0.25, 0.3) is 0 Å². The molecule has 1 atom stereocenters. The van der Waals surface area contributed by atoms with Gasteiger partial charge >= 0.3 is 0 Å². The third-order valence-electron chi connectivity index (χ3n) is 4.25. The Morgan fingerprint density at radius 3 is 2.80 bits per heavy atom. The van der Waals surface area contributed by atoms with Crippen LogP contribution < -0.4 is 4.74 Å². The van der Waals surface area contributed by atoms with Crippen LogP contribution in [0.15, 0.2) is 42.5 Å². The molecule has 1 aliphatic rings. The van der Waals surface area contributed by atoms with Gasteiger partial charge in [0.15, 0.2) is 0 Å². The minimum atomic E-state index is -0.768. The molecule has 1 unspecified atom stereocenters. The number of hydrogen-bond donors (Lipinski definition) is 1. The van der Waals surface area contributed by atoms with Gasteiger partial charge in [0, 0.05) is 6.42 Å². The molecule has 0 heterocycles. The molecule has 1 aliphatic carbocycles. The van der Waals surface area contributed by atoms with Crippen LogP contribution in [0.2, 0.25) is 0 Å². The Bertz CT molecular complexity index is 633. The Hall–Kier alpha value is -1.80. The standard InChI is InChI=1S/C18H20O2/c1-13-7-8-14-9-10-18(19,16(14)11-13)12-15-5-3-4-6-17(15)20-2/h3-8,11,19H,9-10,12H2,1-2H3. The molecule has 0 aliphatic heterocycles. The number of aliphatic hydroxyl groups is 1. The zero-order valence-electron chi connectivity index (χ0n) is 12.0. The van der Waals surface area contributed by atoms with Gasteiger partial charge in [0.05, 0.1) is 12.7 Å². The zero-order valence-corrected chi connectivity index (χ0v) is 12.0. The summed E-state index contributed by atoms with van der Waals surface area (Å²) in [7, 11) is 1.68. The van der Waals surface area contributed by atoms with Crippen molar-refractivity contribution < 1.29 is 9.84 Å².